The van der Waals surface area contributed by atoms with Crippen LogP contribution in [-0.2, 0) is 13.6 Å². The largest absolute Gasteiger partial charge is 0.330 e. The smallest absolute Gasteiger partial charge is 0.309 e. The lowest BCUT2D eigenvalue weighted by Crippen LogP contribution is -2.46. The van der Waals surface area contributed by atoms with Gasteiger partial charge in [-0.3, -0.25) is 4.57 Å². The number of rotatable bonds is 10. The molecule has 0 spiro atoms. The minimum absolute atomic E-state index is 0.509. The first kappa shape index (κ1) is 18.0. The van der Waals surface area contributed by atoms with Crippen molar-refractivity contribution in [1.29, 1.82) is 0 Å². The molecule has 4 bridgehead atoms. The summed E-state index contributed by atoms with van der Waals surface area (Å²) in [6.07, 6.45) is 13.2. The van der Waals surface area contributed by atoms with Crippen molar-refractivity contribution >= 4 is 7.60 Å². The molecule has 0 aromatic rings. The molecule has 23 heavy (non-hydrogen) atoms. The van der Waals surface area contributed by atoms with Crippen LogP contribution < -0.4 is 0 Å². The first-order chi connectivity index (χ1) is 11.1. The van der Waals surface area contributed by atoms with Gasteiger partial charge in [-0.05, 0) is 81.0 Å². The van der Waals surface area contributed by atoms with Crippen molar-refractivity contribution in [3.05, 3.63) is 0 Å². The summed E-state index contributed by atoms with van der Waals surface area (Å²) in [6, 6.07) is 0. The monoisotopic (exact) mass is 342 g/mol. The molecule has 4 fully saturated rings. The van der Waals surface area contributed by atoms with E-state index in [4.69, 9.17) is 9.05 Å². The van der Waals surface area contributed by atoms with E-state index in [2.05, 4.69) is 13.8 Å². The molecule has 0 aromatic carbocycles. The van der Waals surface area contributed by atoms with Gasteiger partial charge in [0.05, 0.1) is 19.4 Å². The second kappa shape index (κ2) is 7.58. The van der Waals surface area contributed by atoms with Gasteiger partial charge in [0.1, 0.15) is 0 Å². The molecule has 4 heteroatoms. The topological polar surface area (TPSA) is 35.5 Å². The lowest BCUT2D eigenvalue weighted by molar-refractivity contribution is -0.0628. The van der Waals surface area contributed by atoms with Gasteiger partial charge in [-0.2, -0.15) is 0 Å². The number of hydrogen-bond acceptors (Lipinski definition) is 3. The lowest BCUT2D eigenvalue weighted by Gasteiger charge is -2.57. The van der Waals surface area contributed by atoms with Gasteiger partial charge in [-0.25, -0.2) is 0 Å². The minimum Gasteiger partial charge on any atom is -0.309 e. The molecular weight excluding hydrogens is 307 g/mol. The molecule has 4 aliphatic rings. The predicted octanol–water partition coefficient (Wildman–Crippen LogP) is 6.03. The molecule has 0 amide bonds. The average molecular weight is 342 g/mol. The molecule has 1 atom stereocenters. The maximum absolute atomic E-state index is 12.9. The second-order valence-electron chi connectivity index (χ2n) is 8.52. The fourth-order valence-electron chi connectivity index (χ4n) is 5.75. The molecule has 0 aliphatic heterocycles. The summed E-state index contributed by atoms with van der Waals surface area (Å²) in [5.41, 5.74) is 0.509. The maximum atomic E-state index is 12.9. The van der Waals surface area contributed by atoms with Crippen LogP contribution in [0.1, 0.15) is 78.1 Å². The van der Waals surface area contributed by atoms with Crippen LogP contribution in [0.2, 0.25) is 0 Å². The van der Waals surface area contributed by atoms with E-state index in [9.17, 15) is 4.57 Å². The normalized spacial score (nSPS) is 37.9. The van der Waals surface area contributed by atoms with Crippen LogP contribution in [0.15, 0.2) is 0 Å². The standard InChI is InChI=1S/C19H35O3P/c1-3-5-9-23(20,21-7-4-2)22-8-6-19-13-16-10-17(14-19)12-18(11-16)15-19/h16-18H,3-15H2,1-2H3. The van der Waals surface area contributed by atoms with Crippen LogP contribution in [0, 0.1) is 23.2 Å². The number of unbranched alkanes of at least 4 members (excludes halogenated alkanes) is 1. The van der Waals surface area contributed by atoms with Gasteiger partial charge >= 0.3 is 7.60 Å². The van der Waals surface area contributed by atoms with E-state index in [1.165, 1.54) is 38.5 Å². The Morgan fingerprint density at radius 1 is 0.913 bits per heavy atom. The molecular formula is C19H35O3P. The summed E-state index contributed by atoms with van der Waals surface area (Å²) < 4.78 is 24.4. The Balaban J connectivity index is 1.51. The van der Waals surface area contributed by atoms with Gasteiger partial charge in [-0.1, -0.05) is 20.3 Å². The van der Waals surface area contributed by atoms with Crippen molar-refractivity contribution in [1.82, 2.24) is 0 Å². The fourth-order valence-corrected chi connectivity index (χ4v) is 7.61. The van der Waals surface area contributed by atoms with E-state index in [1.807, 2.05) is 0 Å². The molecule has 0 aromatic heterocycles. The van der Waals surface area contributed by atoms with Crippen LogP contribution in [-0.4, -0.2) is 19.4 Å². The average Bonchev–Trinajstić information content (AvgIpc) is 2.50. The quantitative estimate of drug-likeness (QED) is 0.455. The van der Waals surface area contributed by atoms with Gasteiger partial charge < -0.3 is 9.05 Å². The van der Waals surface area contributed by atoms with E-state index >= 15 is 0 Å². The molecule has 4 aliphatic carbocycles. The molecule has 0 radical (unpaired) electrons. The van der Waals surface area contributed by atoms with E-state index in [0.29, 0.717) is 24.8 Å². The van der Waals surface area contributed by atoms with Gasteiger partial charge in [0, 0.05) is 0 Å². The van der Waals surface area contributed by atoms with Crippen LogP contribution in [0.3, 0.4) is 0 Å². The Kier molecular flexibility index (Phi) is 5.92. The summed E-state index contributed by atoms with van der Waals surface area (Å²) in [7, 11) is -2.86. The van der Waals surface area contributed by atoms with Crippen molar-refractivity contribution in [3.63, 3.8) is 0 Å². The van der Waals surface area contributed by atoms with E-state index < -0.39 is 7.60 Å². The summed E-state index contributed by atoms with van der Waals surface area (Å²) >= 11 is 0. The maximum Gasteiger partial charge on any atom is 0.330 e. The first-order valence-electron chi connectivity index (χ1n) is 9.94. The Morgan fingerprint density at radius 3 is 2.00 bits per heavy atom. The molecule has 0 saturated heterocycles. The molecule has 0 N–H and O–H groups in total. The van der Waals surface area contributed by atoms with Crippen LogP contribution in [0.25, 0.3) is 0 Å². The third kappa shape index (κ3) is 4.41. The Bertz CT molecular complexity index is 387. The predicted molar refractivity (Wildman–Crippen MR) is 94.8 cm³/mol. The van der Waals surface area contributed by atoms with Crippen molar-refractivity contribution in [2.45, 2.75) is 78.1 Å². The molecule has 3 nitrogen and oxygen atoms in total. The molecule has 4 saturated carbocycles. The second-order valence-corrected chi connectivity index (χ2v) is 10.7. The van der Waals surface area contributed by atoms with E-state index in [1.54, 1.807) is 0 Å². The van der Waals surface area contributed by atoms with Crippen molar-refractivity contribution in [2.24, 2.45) is 23.2 Å². The first-order valence-corrected chi connectivity index (χ1v) is 11.7. The lowest BCUT2D eigenvalue weighted by atomic mass is 9.49. The van der Waals surface area contributed by atoms with Crippen molar-refractivity contribution < 1.29 is 13.6 Å². The molecule has 0 heterocycles. The third-order valence-electron chi connectivity index (χ3n) is 6.36. The summed E-state index contributed by atoms with van der Waals surface area (Å²) in [6.45, 7) is 5.37. The van der Waals surface area contributed by atoms with E-state index in [0.717, 1.165) is 43.4 Å². The van der Waals surface area contributed by atoms with Crippen LogP contribution in [0.4, 0.5) is 0 Å². The zero-order chi connectivity index (χ0) is 16.3. The number of hydrogen-bond donors (Lipinski definition) is 0. The highest BCUT2D eigenvalue weighted by atomic mass is 31.2. The summed E-state index contributed by atoms with van der Waals surface area (Å²) in [5, 5.41) is 0. The highest BCUT2D eigenvalue weighted by Crippen LogP contribution is 2.61. The Morgan fingerprint density at radius 2 is 1.48 bits per heavy atom. The highest BCUT2D eigenvalue weighted by Gasteiger charge is 2.50. The Hall–Kier alpha value is 0.150. The fraction of sp³-hybridized carbons (Fsp3) is 1.00. The summed E-state index contributed by atoms with van der Waals surface area (Å²) in [4.78, 5) is 0. The third-order valence-corrected chi connectivity index (χ3v) is 8.38. The van der Waals surface area contributed by atoms with Gasteiger partial charge in [0.15, 0.2) is 0 Å². The van der Waals surface area contributed by atoms with E-state index in [-0.39, 0.29) is 0 Å². The van der Waals surface area contributed by atoms with Crippen LogP contribution >= 0.6 is 7.60 Å². The highest BCUT2D eigenvalue weighted by molar-refractivity contribution is 7.53. The summed E-state index contributed by atoms with van der Waals surface area (Å²) in [5.74, 6) is 2.93. The van der Waals surface area contributed by atoms with Gasteiger partial charge in [-0.15, -0.1) is 0 Å². The van der Waals surface area contributed by atoms with Gasteiger partial charge in [0.2, 0.25) is 0 Å². The van der Waals surface area contributed by atoms with Crippen LogP contribution in [0.5, 0.6) is 0 Å². The minimum atomic E-state index is -2.86. The molecule has 134 valence electrons. The molecule has 4 rings (SSSR count). The van der Waals surface area contributed by atoms with Crippen molar-refractivity contribution in [3.8, 4) is 0 Å². The SMILES string of the molecule is CCCCP(=O)(OCCC)OCCC12CC3CC(CC(C3)C1)C2. The zero-order valence-electron chi connectivity index (χ0n) is 15.1. The van der Waals surface area contributed by atoms with Crippen molar-refractivity contribution in [2.75, 3.05) is 19.4 Å². The van der Waals surface area contributed by atoms with Gasteiger partial charge in [0.25, 0.3) is 0 Å². The zero-order valence-corrected chi connectivity index (χ0v) is 16.0. The molecule has 1 unspecified atom stereocenters. The Labute approximate surface area is 142 Å².